The summed E-state index contributed by atoms with van der Waals surface area (Å²) in [6.07, 6.45) is 3.54. The van der Waals surface area contributed by atoms with E-state index in [0.717, 1.165) is 26.4 Å². The second-order valence-corrected chi connectivity index (χ2v) is 8.10. The molecule has 2 N–H and O–H groups in total. The molecule has 2 heterocycles. The Balaban J connectivity index is 0.000000159. The molecule has 28 heavy (non-hydrogen) atoms. The van der Waals surface area contributed by atoms with Crippen molar-refractivity contribution < 1.29 is 19.2 Å². The Morgan fingerprint density at radius 1 is 0.786 bits per heavy atom. The molecule has 5 nitrogen and oxygen atoms in total. The molecule has 0 bridgehead atoms. The molecule has 0 amide bonds. The Kier molecular flexibility index (Phi) is 9.11. The van der Waals surface area contributed by atoms with Crippen LogP contribution in [0.1, 0.15) is 0 Å². The molecule has 0 aliphatic carbocycles. The van der Waals surface area contributed by atoms with Gasteiger partial charge in [-0.3, -0.25) is 20.4 Å². The average molecular weight is 486 g/mol. The minimum Gasteiger partial charge on any atom is -0.264 e. The molecule has 4 rings (SSSR count). The van der Waals surface area contributed by atoms with E-state index in [-0.39, 0.29) is 16.7 Å². The highest BCUT2D eigenvalue weighted by Gasteiger charge is 1.98. The van der Waals surface area contributed by atoms with Gasteiger partial charge in [-0.1, -0.05) is 12.1 Å². The van der Waals surface area contributed by atoms with E-state index in [4.69, 9.17) is 10.4 Å². The van der Waals surface area contributed by atoms with Gasteiger partial charge in [-0.2, -0.15) is 0 Å². The summed E-state index contributed by atoms with van der Waals surface area (Å²) in [5, 5.41) is 16.7. The molecule has 2 aromatic heterocycles. The van der Waals surface area contributed by atoms with E-state index >= 15 is 0 Å². The molecule has 0 spiro atoms. The van der Waals surface area contributed by atoms with Gasteiger partial charge in [0.25, 0.3) is 0 Å². The van der Waals surface area contributed by atoms with E-state index in [1.165, 1.54) is 24.3 Å². The summed E-state index contributed by atoms with van der Waals surface area (Å²) >= 11 is 6.37. The quantitative estimate of drug-likeness (QED) is 0.327. The van der Waals surface area contributed by atoms with Crippen molar-refractivity contribution in [3.8, 4) is 10.4 Å². The molecule has 0 saturated heterocycles. The largest absolute Gasteiger partial charge is 0.264 e. The monoisotopic (exact) mass is 485 g/mol. The highest BCUT2D eigenvalue weighted by Crippen LogP contribution is 2.22. The van der Waals surface area contributed by atoms with Crippen molar-refractivity contribution in [1.82, 2.24) is 9.97 Å². The lowest BCUT2D eigenvalue weighted by atomic mass is 10.2. The molecular formula is C18H14BrF2N3O2S2. The van der Waals surface area contributed by atoms with Crippen molar-refractivity contribution in [2.45, 2.75) is 0 Å². The summed E-state index contributed by atoms with van der Waals surface area (Å²) in [6, 6.07) is 11.2. The first-order valence-corrected chi connectivity index (χ1v) is 10.1. The van der Waals surface area contributed by atoms with Crippen LogP contribution in [0.2, 0.25) is 0 Å². The Morgan fingerprint density at radius 3 is 1.71 bits per heavy atom. The molecule has 4 aromatic rings. The van der Waals surface area contributed by atoms with Gasteiger partial charge in [0.15, 0.2) is 0 Å². The first-order valence-electron chi connectivity index (χ1n) is 7.57. The summed E-state index contributed by atoms with van der Waals surface area (Å²) in [7, 11) is 0. The fourth-order valence-corrected chi connectivity index (χ4v) is 3.09. The van der Waals surface area contributed by atoms with Crippen molar-refractivity contribution in [2.24, 2.45) is 0 Å². The standard InChI is InChI=1S/C9H6FNS.C6H6FNO2.C3H2BrNS/c10-8-3-1-7(2-4-8)9-5-11-6-12-9;7-5-1-3-6(4-2-5)8(9)10;4-3-1-5-2-6-3/h1-6H;1-4,9-10H;1-2H. The fraction of sp³-hybridized carbons (Fsp3) is 0. The number of halogens is 3. The number of hydrogen-bond donors (Lipinski definition) is 2. The van der Waals surface area contributed by atoms with Crippen LogP contribution >= 0.6 is 38.6 Å². The van der Waals surface area contributed by atoms with Gasteiger partial charge in [0, 0.05) is 6.20 Å². The van der Waals surface area contributed by atoms with E-state index in [0.29, 0.717) is 0 Å². The number of thiazole rings is 2. The first kappa shape index (κ1) is 22.1. The molecule has 0 aliphatic heterocycles. The van der Waals surface area contributed by atoms with Crippen molar-refractivity contribution in [3.63, 3.8) is 0 Å². The van der Waals surface area contributed by atoms with Crippen LogP contribution in [0, 0.1) is 11.6 Å². The highest BCUT2D eigenvalue weighted by molar-refractivity contribution is 9.11. The maximum atomic E-state index is 12.5. The third kappa shape index (κ3) is 7.79. The van der Waals surface area contributed by atoms with Gasteiger partial charge in [-0.25, -0.2) is 8.78 Å². The highest BCUT2D eigenvalue weighted by atomic mass is 79.9. The topological polar surface area (TPSA) is 69.5 Å². The smallest absolute Gasteiger partial charge is 0.123 e. The molecule has 146 valence electrons. The van der Waals surface area contributed by atoms with E-state index in [1.807, 2.05) is 0 Å². The Bertz CT molecular complexity index is 921. The van der Waals surface area contributed by atoms with Gasteiger partial charge in [-0.15, -0.1) is 27.9 Å². The zero-order valence-electron chi connectivity index (χ0n) is 14.1. The number of benzene rings is 2. The lowest BCUT2D eigenvalue weighted by Crippen LogP contribution is -2.10. The van der Waals surface area contributed by atoms with Crippen LogP contribution in [0.15, 0.2) is 75.7 Å². The number of nitrogens with zero attached hydrogens (tertiary/aromatic N) is 3. The van der Waals surface area contributed by atoms with Gasteiger partial charge in [0.2, 0.25) is 0 Å². The molecule has 0 radical (unpaired) electrons. The minimum atomic E-state index is -0.411. The lowest BCUT2D eigenvalue weighted by Gasteiger charge is -2.05. The van der Waals surface area contributed by atoms with Crippen LogP contribution in [0.4, 0.5) is 14.5 Å². The summed E-state index contributed by atoms with van der Waals surface area (Å²) in [6.45, 7) is 0. The average Bonchev–Trinajstić information content (AvgIpc) is 3.38. The summed E-state index contributed by atoms with van der Waals surface area (Å²) in [4.78, 5) is 8.80. The SMILES string of the molecule is Brc1cncs1.Fc1ccc(-c2cncs2)cc1.ON(O)c1ccc(F)cc1. The number of rotatable bonds is 2. The van der Waals surface area contributed by atoms with Crippen LogP contribution in [0.5, 0.6) is 0 Å². The fourth-order valence-electron chi connectivity index (χ4n) is 1.75. The molecule has 0 atom stereocenters. The number of anilines is 1. The molecule has 0 aliphatic rings. The number of hydrogen-bond acceptors (Lipinski definition) is 7. The van der Waals surface area contributed by atoms with Crippen LogP contribution in [-0.2, 0) is 0 Å². The third-order valence-electron chi connectivity index (χ3n) is 3.02. The van der Waals surface area contributed by atoms with E-state index in [9.17, 15) is 8.78 Å². The zero-order valence-corrected chi connectivity index (χ0v) is 17.3. The summed E-state index contributed by atoms with van der Waals surface area (Å²) in [5.74, 6) is -0.617. The van der Waals surface area contributed by atoms with Gasteiger partial charge < -0.3 is 0 Å². The van der Waals surface area contributed by atoms with Crippen molar-refractivity contribution in [1.29, 1.82) is 0 Å². The van der Waals surface area contributed by atoms with Gasteiger partial charge in [0.1, 0.15) is 11.6 Å². The molecule has 10 heteroatoms. The predicted octanol–water partition coefficient (Wildman–Crippen LogP) is 6.27. The third-order valence-corrected chi connectivity index (χ3v) is 5.17. The Morgan fingerprint density at radius 2 is 1.32 bits per heavy atom. The Hall–Kier alpha value is -2.24. The summed E-state index contributed by atoms with van der Waals surface area (Å²) < 4.78 is 25.8. The van der Waals surface area contributed by atoms with E-state index in [2.05, 4.69) is 25.9 Å². The summed E-state index contributed by atoms with van der Waals surface area (Å²) in [5.41, 5.74) is 4.68. The van der Waals surface area contributed by atoms with E-state index < -0.39 is 5.82 Å². The van der Waals surface area contributed by atoms with Crippen LogP contribution < -0.4 is 5.23 Å². The minimum absolute atomic E-state index is 0.0700. The van der Waals surface area contributed by atoms with Crippen LogP contribution in [0.3, 0.4) is 0 Å². The number of aromatic nitrogens is 2. The van der Waals surface area contributed by atoms with Crippen LogP contribution in [-0.4, -0.2) is 20.4 Å². The van der Waals surface area contributed by atoms with Crippen LogP contribution in [0.25, 0.3) is 10.4 Å². The first-order chi connectivity index (χ1) is 13.5. The molecule has 2 aromatic carbocycles. The molecule has 0 fully saturated rings. The van der Waals surface area contributed by atoms with Gasteiger partial charge in [0.05, 0.1) is 31.6 Å². The lowest BCUT2D eigenvalue weighted by molar-refractivity contribution is 0.0291. The zero-order chi connectivity index (χ0) is 20.4. The van der Waals surface area contributed by atoms with Gasteiger partial charge >= 0.3 is 0 Å². The molecule has 0 saturated carbocycles. The van der Waals surface area contributed by atoms with Crippen molar-refractivity contribution in [3.05, 3.63) is 87.4 Å². The molecule has 0 unspecified atom stereocenters. The maximum Gasteiger partial charge on any atom is 0.123 e. The normalized spacial score (nSPS) is 9.61. The predicted molar refractivity (Wildman–Crippen MR) is 110 cm³/mol. The van der Waals surface area contributed by atoms with Crippen molar-refractivity contribution >= 4 is 44.3 Å². The maximum absolute atomic E-state index is 12.5. The Labute approximate surface area is 176 Å². The van der Waals surface area contributed by atoms with Gasteiger partial charge in [-0.05, 0) is 57.9 Å². The van der Waals surface area contributed by atoms with Crippen molar-refractivity contribution in [2.75, 3.05) is 5.23 Å². The van der Waals surface area contributed by atoms with E-state index in [1.54, 1.807) is 58.2 Å². The second-order valence-electron chi connectivity index (χ2n) is 4.94. The molecular weight excluding hydrogens is 472 g/mol. The second kappa shape index (κ2) is 11.6.